The highest BCUT2D eigenvalue weighted by Gasteiger charge is 2.19. The molecule has 82 valence electrons. The van der Waals surface area contributed by atoms with Crippen molar-refractivity contribution in [2.75, 3.05) is 5.88 Å². The molecule has 0 spiro atoms. The van der Waals surface area contributed by atoms with E-state index in [4.69, 9.17) is 58.0 Å². The second kappa shape index (κ2) is 5.60. The Hall–Kier alpha value is 0.340. The van der Waals surface area contributed by atoms with Gasteiger partial charge in [0.2, 0.25) is 0 Å². The highest BCUT2D eigenvalue weighted by atomic mass is 35.5. The van der Waals surface area contributed by atoms with Crippen LogP contribution < -0.4 is 0 Å². The van der Waals surface area contributed by atoms with Crippen LogP contribution in [0.15, 0.2) is 6.07 Å². The first-order valence-corrected chi connectivity index (χ1v) is 5.95. The maximum absolute atomic E-state index is 11.6. The molecule has 0 heterocycles. The van der Waals surface area contributed by atoms with Crippen LogP contribution in [-0.4, -0.2) is 11.7 Å². The van der Waals surface area contributed by atoms with Gasteiger partial charge in [-0.1, -0.05) is 46.4 Å². The molecule has 0 N–H and O–H groups in total. The van der Waals surface area contributed by atoms with Gasteiger partial charge in [-0.05, 0) is 6.07 Å². The van der Waals surface area contributed by atoms with Crippen LogP contribution in [0.4, 0.5) is 0 Å². The van der Waals surface area contributed by atoms with Crippen molar-refractivity contribution in [3.8, 4) is 0 Å². The first-order chi connectivity index (χ1) is 6.99. The number of benzene rings is 1. The third-order valence-corrected chi connectivity index (χ3v) is 3.46. The standard InChI is InChI=1S/C9H5Cl5O/c10-2-1-6(15)7-4(11)3-5(12)8(13)9(7)14/h3H,1-2H2. The van der Waals surface area contributed by atoms with Gasteiger partial charge in [0.05, 0.1) is 25.7 Å². The van der Waals surface area contributed by atoms with E-state index in [-0.39, 0.29) is 43.7 Å². The summed E-state index contributed by atoms with van der Waals surface area (Å²) in [6.45, 7) is 0. The molecule has 0 fully saturated rings. The topological polar surface area (TPSA) is 17.1 Å². The van der Waals surface area contributed by atoms with Crippen LogP contribution in [0.1, 0.15) is 16.8 Å². The van der Waals surface area contributed by atoms with Gasteiger partial charge in [0.1, 0.15) is 0 Å². The molecule has 0 amide bonds. The number of Topliss-reactive ketones (excluding diaryl/α,β-unsaturated/α-hetero) is 1. The van der Waals surface area contributed by atoms with Crippen LogP contribution in [0, 0.1) is 0 Å². The van der Waals surface area contributed by atoms with E-state index in [2.05, 4.69) is 0 Å². The lowest BCUT2D eigenvalue weighted by atomic mass is 10.1. The van der Waals surface area contributed by atoms with E-state index in [1.807, 2.05) is 0 Å². The van der Waals surface area contributed by atoms with Crippen LogP contribution in [-0.2, 0) is 0 Å². The van der Waals surface area contributed by atoms with Crippen LogP contribution in [0.2, 0.25) is 20.1 Å². The minimum Gasteiger partial charge on any atom is -0.294 e. The Bertz CT molecular complexity index is 402. The molecule has 0 aromatic heterocycles. The summed E-state index contributed by atoms with van der Waals surface area (Å²) in [5.41, 5.74) is 0.174. The largest absolute Gasteiger partial charge is 0.294 e. The van der Waals surface area contributed by atoms with E-state index in [0.29, 0.717) is 0 Å². The Morgan fingerprint density at radius 3 is 2.20 bits per heavy atom. The highest BCUT2D eigenvalue weighted by molar-refractivity contribution is 6.51. The smallest absolute Gasteiger partial charge is 0.167 e. The zero-order valence-electron chi connectivity index (χ0n) is 7.29. The molecule has 1 nitrogen and oxygen atoms in total. The first-order valence-electron chi connectivity index (χ1n) is 3.91. The third kappa shape index (κ3) is 2.92. The number of alkyl halides is 1. The summed E-state index contributed by atoms with van der Waals surface area (Å²) in [7, 11) is 0. The lowest BCUT2D eigenvalue weighted by Crippen LogP contribution is -2.02. The summed E-state index contributed by atoms with van der Waals surface area (Å²) in [5, 5.41) is 0.601. The first kappa shape index (κ1) is 13.4. The zero-order valence-corrected chi connectivity index (χ0v) is 11.1. The number of carbonyl (C=O) groups excluding carboxylic acids is 1. The van der Waals surface area contributed by atoms with E-state index >= 15 is 0 Å². The number of hydrogen-bond acceptors (Lipinski definition) is 1. The van der Waals surface area contributed by atoms with Crippen LogP contribution in [0.5, 0.6) is 0 Å². The number of hydrogen-bond donors (Lipinski definition) is 0. The molecule has 0 saturated heterocycles. The summed E-state index contributed by atoms with van der Waals surface area (Å²) in [6, 6.07) is 1.39. The normalized spacial score (nSPS) is 10.5. The number of carbonyl (C=O) groups is 1. The molecule has 0 unspecified atom stereocenters. The molecule has 0 aliphatic carbocycles. The second-order valence-corrected chi connectivity index (χ2v) is 4.65. The van der Waals surface area contributed by atoms with E-state index < -0.39 is 0 Å². The van der Waals surface area contributed by atoms with Crippen molar-refractivity contribution < 1.29 is 4.79 Å². The molecule has 1 aromatic rings. The predicted molar refractivity (Wildman–Crippen MR) is 66.1 cm³/mol. The van der Waals surface area contributed by atoms with Gasteiger partial charge >= 0.3 is 0 Å². The average molecular weight is 306 g/mol. The van der Waals surface area contributed by atoms with E-state index in [1.165, 1.54) is 6.07 Å². The Morgan fingerprint density at radius 2 is 1.67 bits per heavy atom. The minimum atomic E-state index is -0.251. The Labute approximate surface area is 112 Å². The molecule has 15 heavy (non-hydrogen) atoms. The minimum absolute atomic E-state index is 0.0734. The molecule has 6 heteroatoms. The number of ketones is 1. The van der Waals surface area contributed by atoms with Gasteiger partial charge in [-0.15, -0.1) is 11.6 Å². The zero-order chi connectivity index (χ0) is 11.6. The monoisotopic (exact) mass is 304 g/mol. The van der Waals surface area contributed by atoms with E-state index in [0.717, 1.165) is 0 Å². The van der Waals surface area contributed by atoms with Crippen LogP contribution in [0.3, 0.4) is 0 Å². The number of halogens is 5. The fourth-order valence-electron chi connectivity index (χ4n) is 1.03. The van der Waals surface area contributed by atoms with Gasteiger partial charge in [0, 0.05) is 12.3 Å². The molecular formula is C9H5Cl5O. The lowest BCUT2D eigenvalue weighted by Gasteiger charge is -2.08. The number of rotatable bonds is 3. The average Bonchev–Trinajstić information content (AvgIpc) is 2.15. The van der Waals surface area contributed by atoms with E-state index in [9.17, 15) is 4.79 Å². The molecule has 0 aliphatic rings. The van der Waals surface area contributed by atoms with Gasteiger partial charge in [0.15, 0.2) is 5.78 Å². The summed E-state index contributed by atoms with van der Waals surface area (Å²) in [5.74, 6) is -0.0512. The Kier molecular flexibility index (Phi) is 5.01. The van der Waals surface area contributed by atoms with Gasteiger partial charge in [-0.25, -0.2) is 0 Å². The molecule has 1 rings (SSSR count). The van der Waals surface area contributed by atoms with Crippen LogP contribution in [0.25, 0.3) is 0 Å². The maximum atomic E-state index is 11.6. The molecule has 1 aromatic carbocycles. The van der Waals surface area contributed by atoms with Crippen molar-refractivity contribution in [1.82, 2.24) is 0 Å². The van der Waals surface area contributed by atoms with Crippen LogP contribution >= 0.6 is 58.0 Å². The molecule has 0 atom stereocenters. The van der Waals surface area contributed by atoms with Crippen molar-refractivity contribution in [3.63, 3.8) is 0 Å². The van der Waals surface area contributed by atoms with Gasteiger partial charge in [-0.2, -0.15) is 0 Å². The van der Waals surface area contributed by atoms with Gasteiger partial charge in [0.25, 0.3) is 0 Å². The summed E-state index contributed by atoms with van der Waals surface area (Å²) < 4.78 is 0. The van der Waals surface area contributed by atoms with E-state index in [1.54, 1.807) is 0 Å². The van der Waals surface area contributed by atoms with Crippen molar-refractivity contribution in [1.29, 1.82) is 0 Å². The Balaban J connectivity index is 3.29. The summed E-state index contributed by atoms with van der Waals surface area (Å²) >= 11 is 28.7. The maximum Gasteiger partial charge on any atom is 0.167 e. The highest BCUT2D eigenvalue weighted by Crippen LogP contribution is 2.37. The second-order valence-electron chi connectivity index (χ2n) is 2.71. The van der Waals surface area contributed by atoms with Gasteiger partial charge in [-0.3, -0.25) is 4.79 Å². The van der Waals surface area contributed by atoms with Crippen molar-refractivity contribution in [3.05, 3.63) is 31.7 Å². The van der Waals surface area contributed by atoms with Crippen molar-refractivity contribution in [2.24, 2.45) is 0 Å². The predicted octanol–water partition coefficient (Wildman–Crippen LogP) is 5.11. The molecule has 0 saturated carbocycles. The lowest BCUT2D eigenvalue weighted by molar-refractivity contribution is 0.0989. The van der Waals surface area contributed by atoms with Crippen molar-refractivity contribution in [2.45, 2.75) is 6.42 Å². The SMILES string of the molecule is O=C(CCCl)c1c(Cl)cc(Cl)c(Cl)c1Cl. The molecule has 0 radical (unpaired) electrons. The fraction of sp³-hybridized carbons (Fsp3) is 0.222. The molecule has 0 bridgehead atoms. The van der Waals surface area contributed by atoms with Crippen molar-refractivity contribution >= 4 is 63.8 Å². The molecular weight excluding hydrogens is 301 g/mol. The quantitative estimate of drug-likeness (QED) is 0.328. The summed E-state index contributed by atoms with van der Waals surface area (Å²) in [6.07, 6.45) is 0.152. The third-order valence-electron chi connectivity index (χ3n) is 1.71. The molecule has 0 aliphatic heterocycles. The van der Waals surface area contributed by atoms with Gasteiger partial charge < -0.3 is 0 Å². The fourth-order valence-corrected chi connectivity index (χ4v) is 2.33. The Morgan fingerprint density at radius 1 is 1.07 bits per heavy atom. The summed E-state index contributed by atoms with van der Waals surface area (Å²) in [4.78, 5) is 11.6.